The normalized spacial score (nSPS) is 10.3. The molecular formula is C17H19NO2. The molecule has 2 aromatic rings. The van der Waals surface area contributed by atoms with Crippen molar-refractivity contribution in [3.05, 3.63) is 64.7 Å². The zero-order valence-corrected chi connectivity index (χ0v) is 11.8. The minimum atomic E-state index is -0.801. The van der Waals surface area contributed by atoms with Gasteiger partial charge in [-0.1, -0.05) is 42.0 Å². The summed E-state index contributed by atoms with van der Waals surface area (Å²) in [5.41, 5.74) is 5.42. The Bertz CT molecular complexity index is 603. The quantitative estimate of drug-likeness (QED) is 0.872. The molecule has 0 aliphatic rings. The van der Waals surface area contributed by atoms with Crippen LogP contribution in [0.1, 0.15) is 22.3 Å². The number of anilines is 1. The van der Waals surface area contributed by atoms with Gasteiger partial charge in [-0.15, -0.1) is 0 Å². The van der Waals surface area contributed by atoms with Gasteiger partial charge in [-0.25, -0.2) is 0 Å². The second kappa shape index (κ2) is 6.24. The third-order valence-corrected chi connectivity index (χ3v) is 3.25. The van der Waals surface area contributed by atoms with E-state index in [0.29, 0.717) is 0 Å². The molecule has 0 aromatic heterocycles. The summed E-state index contributed by atoms with van der Waals surface area (Å²) < 4.78 is 0. The van der Waals surface area contributed by atoms with Gasteiger partial charge in [0.1, 0.15) is 0 Å². The lowest BCUT2D eigenvalue weighted by atomic mass is 10.1. The van der Waals surface area contributed by atoms with Crippen LogP contribution in [-0.4, -0.2) is 11.1 Å². The van der Waals surface area contributed by atoms with Crippen LogP contribution >= 0.6 is 0 Å². The van der Waals surface area contributed by atoms with Crippen LogP contribution in [0.15, 0.2) is 42.5 Å². The molecule has 0 bridgehead atoms. The first-order chi connectivity index (χ1) is 9.54. The molecule has 0 saturated heterocycles. The predicted octanol–water partition coefficient (Wildman–Crippen LogP) is 3.54. The third-order valence-electron chi connectivity index (χ3n) is 3.25. The first-order valence-electron chi connectivity index (χ1n) is 6.65. The number of carboxylic acid groups (broad SMARTS) is 1. The standard InChI is InChI=1S/C17H19NO2/c1-12-3-5-14(6-4-12)11-18-16-8-7-15(9-13(16)2)10-17(19)20/h3-9,18H,10-11H2,1-2H3,(H,19,20). The van der Waals surface area contributed by atoms with Crippen molar-refractivity contribution in [2.75, 3.05) is 5.32 Å². The number of benzene rings is 2. The van der Waals surface area contributed by atoms with Crippen LogP contribution in [0.4, 0.5) is 5.69 Å². The summed E-state index contributed by atoms with van der Waals surface area (Å²) in [6, 6.07) is 14.1. The summed E-state index contributed by atoms with van der Waals surface area (Å²) in [6.45, 7) is 4.82. The molecule has 104 valence electrons. The van der Waals surface area contributed by atoms with E-state index in [9.17, 15) is 4.79 Å². The third kappa shape index (κ3) is 3.85. The van der Waals surface area contributed by atoms with E-state index in [1.165, 1.54) is 11.1 Å². The molecule has 20 heavy (non-hydrogen) atoms. The van der Waals surface area contributed by atoms with E-state index in [4.69, 9.17) is 5.11 Å². The number of aryl methyl sites for hydroxylation is 2. The molecule has 0 aliphatic carbocycles. The van der Waals surface area contributed by atoms with E-state index in [-0.39, 0.29) is 6.42 Å². The van der Waals surface area contributed by atoms with Crippen LogP contribution in [0, 0.1) is 13.8 Å². The maximum atomic E-state index is 10.7. The first kappa shape index (κ1) is 14.1. The Labute approximate surface area is 119 Å². The number of aliphatic carboxylic acids is 1. The fraction of sp³-hybridized carbons (Fsp3) is 0.235. The van der Waals surface area contributed by atoms with Crippen molar-refractivity contribution in [3.63, 3.8) is 0 Å². The molecular weight excluding hydrogens is 250 g/mol. The number of hydrogen-bond acceptors (Lipinski definition) is 2. The Morgan fingerprint density at radius 1 is 1.05 bits per heavy atom. The average molecular weight is 269 g/mol. The number of carboxylic acids is 1. The monoisotopic (exact) mass is 269 g/mol. The molecule has 0 heterocycles. The first-order valence-corrected chi connectivity index (χ1v) is 6.65. The van der Waals surface area contributed by atoms with Crippen LogP contribution in [0.25, 0.3) is 0 Å². The summed E-state index contributed by atoms with van der Waals surface area (Å²) in [7, 11) is 0. The number of hydrogen-bond donors (Lipinski definition) is 2. The molecule has 2 N–H and O–H groups in total. The summed E-state index contributed by atoms with van der Waals surface area (Å²) in [4.78, 5) is 10.7. The van der Waals surface area contributed by atoms with Gasteiger partial charge in [0, 0.05) is 12.2 Å². The molecule has 0 radical (unpaired) electrons. The fourth-order valence-corrected chi connectivity index (χ4v) is 2.11. The van der Waals surface area contributed by atoms with Gasteiger partial charge >= 0.3 is 5.97 Å². The summed E-state index contributed by atoms with van der Waals surface area (Å²) in [5, 5.41) is 12.2. The van der Waals surface area contributed by atoms with Crippen LogP contribution in [0.5, 0.6) is 0 Å². The second-order valence-corrected chi connectivity index (χ2v) is 5.06. The van der Waals surface area contributed by atoms with E-state index in [1.54, 1.807) is 0 Å². The minimum absolute atomic E-state index is 0.0685. The van der Waals surface area contributed by atoms with Gasteiger partial charge in [-0.3, -0.25) is 4.79 Å². The topological polar surface area (TPSA) is 49.3 Å². The van der Waals surface area contributed by atoms with Crippen molar-refractivity contribution in [1.29, 1.82) is 0 Å². The predicted molar refractivity (Wildman–Crippen MR) is 81.0 cm³/mol. The van der Waals surface area contributed by atoms with Crippen molar-refractivity contribution in [3.8, 4) is 0 Å². The van der Waals surface area contributed by atoms with Crippen LogP contribution in [0.3, 0.4) is 0 Å². The maximum Gasteiger partial charge on any atom is 0.307 e. The molecule has 0 amide bonds. The zero-order valence-electron chi connectivity index (χ0n) is 11.8. The lowest BCUT2D eigenvalue weighted by Crippen LogP contribution is -2.03. The molecule has 2 aromatic carbocycles. The Hall–Kier alpha value is -2.29. The van der Waals surface area contributed by atoms with Gasteiger partial charge in [0.15, 0.2) is 0 Å². The molecule has 0 spiro atoms. The summed E-state index contributed by atoms with van der Waals surface area (Å²) >= 11 is 0. The highest BCUT2D eigenvalue weighted by Gasteiger charge is 2.04. The minimum Gasteiger partial charge on any atom is -0.481 e. The van der Waals surface area contributed by atoms with Gasteiger partial charge in [0.05, 0.1) is 6.42 Å². The number of carbonyl (C=O) groups is 1. The molecule has 0 aliphatic heterocycles. The van der Waals surface area contributed by atoms with Gasteiger partial charge in [-0.2, -0.15) is 0 Å². The Balaban J connectivity index is 2.02. The average Bonchev–Trinajstić information content (AvgIpc) is 2.39. The Kier molecular flexibility index (Phi) is 4.41. The van der Waals surface area contributed by atoms with E-state index >= 15 is 0 Å². The molecule has 0 atom stereocenters. The van der Waals surface area contributed by atoms with Crippen molar-refractivity contribution < 1.29 is 9.90 Å². The highest BCUT2D eigenvalue weighted by atomic mass is 16.4. The highest BCUT2D eigenvalue weighted by molar-refractivity contribution is 5.70. The van der Waals surface area contributed by atoms with Crippen molar-refractivity contribution >= 4 is 11.7 Å². The van der Waals surface area contributed by atoms with Gasteiger partial charge in [0.2, 0.25) is 0 Å². The van der Waals surface area contributed by atoms with Crippen molar-refractivity contribution in [2.24, 2.45) is 0 Å². The molecule has 0 saturated carbocycles. The summed E-state index contributed by atoms with van der Waals surface area (Å²) in [5.74, 6) is -0.801. The van der Waals surface area contributed by atoms with E-state index in [1.807, 2.05) is 25.1 Å². The van der Waals surface area contributed by atoms with Gasteiger partial charge in [-0.05, 0) is 36.6 Å². The van der Waals surface area contributed by atoms with Crippen LogP contribution in [0.2, 0.25) is 0 Å². The summed E-state index contributed by atoms with van der Waals surface area (Å²) in [6.07, 6.45) is 0.0685. The smallest absolute Gasteiger partial charge is 0.307 e. The molecule has 2 rings (SSSR count). The van der Waals surface area contributed by atoms with Crippen molar-refractivity contribution in [1.82, 2.24) is 0 Å². The second-order valence-electron chi connectivity index (χ2n) is 5.06. The Morgan fingerprint density at radius 3 is 2.30 bits per heavy atom. The molecule has 0 unspecified atom stereocenters. The van der Waals surface area contributed by atoms with E-state index in [0.717, 1.165) is 23.4 Å². The fourth-order valence-electron chi connectivity index (χ4n) is 2.11. The lowest BCUT2D eigenvalue weighted by molar-refractivity contribution is -0.136. The van der Waals surface area contributed by atoms with Gasteiger partial charge in [0.25, 0.3) is 0 Å². The Morgan fingerprint density at radius 2 is 1.70 bits per heavy atom. The number of rotatable bonds is 5. The van der Waals surface area contributed by atoms with E-state index in [2.05, 4.69) is 36.5 Å². The van der Waals surface area contributed by atoms with Crippen LogP contribution < -0.4 is 5.32 Å². The maximum absolute atomic E-state index is 10.7. The SMILES string of the molecule is Cc1ccc(CNc2ccc(CC(=O)O)cc2C)cc1. The van der Waals surface area contributed by atoms with Gasteiger partial charge < -0.3 is 10.4 Å². The highest BCUT2D eigenvalue weighted by Crippen LogP contribution is 2.18. The lowest BCUT2D eigenvalue weighted by Gasteiger charge is -2.11. The van der Waals surface area contributed by atoms with E-state index < -0.39 is 5.97 Å². The van der Waals surface area contributed by atoms with Crippen molar-refractivity contribution in [2.45, 2.75) is 26.8 Å². The molecule has 3 heteroatoms. The molecule has 3 nitrogen and oxygen atoms in total. The molecule has 0 fully saturated rings. The largest absolute Gasteiger partial charge is 0.481 e. The number of nitrogens with one attached hydrogen (secondary N) is 1. The zero-order chi connectivity index (χ0) is 14.5. The van der Waals surface area contributed by atoms with Crippen LogP contribution in [-0.2, 0) is 17.8 Å².